The third kappa shape index (κ3) is 5.08. The molecule has 0 bridgehead atoms. The number of alkyl halides is 1. The Hall–Kier alpha value is 0.350. The first-order valence-corrected chi connectivity index (χ1v) is 6.36. The number of halogens is 1. The van der Waals surface area contributed by atoms with E-state index in [4.69, 9.17) is 0 Å². The Labute approximate surface area is 81.5 Å². The van der Waals surface area contributed by atoms with Crippen LogP contribution in [0.2, 0.25) is 0 Å². The first-order valence-electron chi connectivity index (χ1n) is 3.58. The van der Waals surface area contributed by atoms with E-state index in [1.54, 1.807) is 13.8 Å². The van der Waals surface area contributed by atoms with Crippen LogP contribution in [-0.4, -0.2) is 30.3 Å². The molecule has 0 aromatic carbocycles. The molecule has 74 valence electrons. The SMILES string of the molecule is CCC(C)(O)CNS(=O)(=O)CBr. The number of hydrogen-bond donors (Lipinski definition) is 2. The fraction of sp³-hybridized carbons (Fsp3) is 1.00. The molecule has 0 aromatic rings. The summed E-state index contributed by atoms with van der Waals surface area (Å²) in [6.07, 6.45) is 0.512. The minimum Gasteiger partial charge on any atom is -0.389 e. The van der Waals surface area contributed by atoms with Gasteiger partial charge in [-0.1, -0.05) is 22.9 Å². The van der Waals surface area contributed by atoms with Gasteiger partial charge in [0.2, 0.25) is 10.0 Å². The quantitative estimate of drug-likeness (QED) is 0.704. The molecular weight excluding hydrogens is 246 g/mol. The third-order valence-corrected chi connectivity index (χ3v) is 4.26. The molecule has 0 saturated carbocycles. The monoisotopic (exact) mass is 259 g/mol. The topological polar surface area (TPSA) is 66.4 Å². The van der Waals surface area contributed by atoms with E-state index in [1.165, 1.54) is 0 Å². The Balaban J connectivity index is 4.00. The number of nitrogens with one attached hydrogen (secondary N) is 1. The highest BCUT2D eigenvalue weighted by molar-refractivity contribution is 9.10. The predicted molar refractivity (Wildman–Crippen MR) is 51.6 cm³/mol. The zero-order chi connectivity index (χ0) is 9.83. The maximum atomic E-state index is 10.9. The lowest BCUT2D eigenvalue weighted by molar-refractivity contribution is 0.0614. The summed E-state index contributed by atoms with van der Waals surface area (Å²) < 4.78 is 23.9. The molecule has 0 radical (unpaired) electrons. The van der Waals surface area contributed by atoms with Gasteiger partial charge in [0.15, 0.2) is 0 Å². The lowest BCUT2D eigenvalue weighted by Crippen LogP contribution is -2.40. The normalized spacial score (nSPS) is 17.3. The molecule has 0 spiro atoms. The minimum absolute atomic E-state index is 0.0530. The molecule has 1 unspecified atom stereocenters. The molecular formula is C6H14BrNO3S. The molecule has 0 amide bonds. The van der Waals surface area contributed by atoms with Crippen LogP contribution in [0.3, 0.4) is 0 Å². The van der Waals surface area contributed by atoms with Crippen molar-refractivity contribution in [1.29, 1.82) is 0 Å². The molecule has 0 rings (SSSR count). The first kappa shape index (κ1) is 12.3. The molecule has 0 heterocycles. The molecule has 0 saturated heterocycles. The van der Waals surface area contributed by atoms with Crippen molar-refractivity contribution in [3.8, 4) is 0 Å². The van der Waals surface area contributed by atoms with E-state index >= 15 is 0 Å². The second kappa shape index (κ2) is 4.55. The van der Waals surface area contributed by atoms with Gasteiger partial charge in [0.1, 0.15) is 4.66 Å². The lowest BCUT2D eigenvalue weighted by Gasteiger charge is -2.20. The van der Waals surface area contributed by atoms with Crippen LogP contribution in [0.15, 0.2) is 0 Å². The fourth-order valence-electron chi connectivity index (χ4n) is 0.429. The van der Waals surface area contributed by atoms with Crippen LogP contribution in [0.1, 0.15) is 20.3 Å². The van der Waals surface area contributed by atoms with E-state index in [2.05, 4.69) is 20.7 Å². The van der Waals surface area contributed by atoms with Crippen molar-refractivity contribution >= 4 is 26.0 Å². The Morgan fingerprint density at radius 2 is 2.08 bits per heavy atom. The van der Waals surface area contributed by atoms with Gasteiger partial charge in [-0.3, -0.25) is 0 Å². The van der Waals surface area contributed by atoms with Crippen molar-refractivity contribution in [3.05, 3.63) is 0 Å². The van der Waals surface area contributed by atoms with Gasteiger partial charge in [0.05, 0.1) is 5.60 Å². The van der Waals surface area contributed by atoms with Crippen LogP contribution in [0.5, 0.6) is 0 Å². The molecule has 6 heteroatoms. The average molecular weight is 260 g/mol. The number of rotatable bonds is 5. The number of sulfonamides is 1. The Kier molecular flexibility index (Phi) is 4.68. The predicted octanol–water partition coefficient (Wildman–Crippen LogP) is 0.419. The second-order valence-corrected chi connectivity index (χ2v) is 6.01. The lowest BCUT2D eigenvalue weighted by atomic mass is 10.1. The summed E-state index contributed by atoms with van der Waals surface area (Å²) in [7, 11) is -3.26. The van der Waals surface area contributed by atoms with Crippen molar-refractivity contribution in [2.24, 2.45) is 0 Å². The zero-order valence-corrected chi connectivity index (χ0v) is 9.57. The fourth-order valence-corrected chi connectivity index (χ4v) is 1.52. The Morgan fingerprint density at radius 3 is 2.42 bits per heavy atom. The van der Waals surface area contributed by atoms with Gasteiger partial charge >= 0.3 is 0 Å². The van der Waals surface area contributed by atoms with Crippen LogP contribution in [0.4, 0.5) is 0 Å². The second-order valence-electron chi connectivity index (χ2n) is 2.90. The van der Waals surface area contributed by atoms with Gasteiger partial charge in [0.25, 0.3) is 0 Å². The van der Waals surface area contributed by atoms with Gasteiger partial charge in [-0.05, 0) is 13.3 Å². The summed E-state index contributed by atoms with van der Waals surface area (Å²) in [5.74, 6) is 0. The summed E-state index contributed by atoms with van der Waals surface area (Å²) in [4.78, 5) is 0. The van der Waals surface area contributed by atoms with E-state index in [0.717, 1.165) is 0 Å². The largest absolute Gasteiger partial charge is 0.389 e. The summed E-state index contributed by atoms with van der Waals surface area (Å²) in [5, 5.41) is 9.44. The third-order valence-electron chi connectivity index (χ3n) is 1.58. The summed E-state index contributed by atoms with van der Waals surface area (Å²) in [6.45, 7) is 3.43. The van der Waals surface area contributed by atoms with Crippen molar-refractivity contribution < 1.29 is 13.5 Å². The van der Waals surface area contributed by atoms with E-state index < -0.39 is 15.6 Å². The highest BCUT2D eigenvalue weighted by atomic mass is 79.9. The number of hydrogen-bond acceptors (Lipinski definition) is 3. The van der Waals surface area contributed by atoms with Gasteiger partial charge in [-0.15, -0.1) is 0 Å². The van der Waals surface area contributed by atoms with Gasteiger partial charge in [-0.2, -0.15) is 0 Å². The summed E-state index contributed by atoms with van der Waals surface area (Å²) >= 11 is 2.83. The Morgan fingerprint density at radius 1 is 1.58 bits per heavy atom. The molecule has 12 heavy (non-hydrogen) atoms. The molecule has 0 aliphatic rings. The molecule has 0 fully saturated rings. The molecule has 4 nitrogen and oxygen atoms in total. The van der Waals surface area contributed by atoms with Crippen molar-refractivity contribution in [2.45, 2.75) is 25.9 Å². The van der Waals surface area contributed by atoms with Crippen molar-refractivity contribution in [1.82, 2.24) is 4.72 Å². The molecule has 0 aromatic heterocycles. The van der Waals surface area contributed by atoms with Gasteiger partial charge < -0.3 is 5.11 Å². The molecule has 0 aliphatic carbocycles. The van der Waals surface area contributed by atoms with Crippen LogP contribution in [-0.2, 0) is 10.0 Å². The highest BCUT2D eigenvalue weighted by Crippen LogP contribution is 2.06. The smallest absolute Gasteiger partial charge is 0.221 e. The van der Waals surface area contributed by atoms with Gasteiger partial charge in [0, 0.05) is 6.54 Å². The van der Waals surface area contributed by atoms with Crippen molar-refractivity contribution in [2.75, 3.05) is 11.2 Å². The maximum absolute atomic E-state index is 10.9. The summed E-state index contributed by atoms with van der Waals surface area (Å²) in [5.41, 5.74) is -0.963. The molecule has 2 N–H and O–H groups in total. The summed E-state index contributed by atoms with van der Waals surface area (Å²) in [6, 6.07) is 0. The van der Waals surface area contributed by atoms with Crippen LogP contribution in [0, 0.1) is 0 Å². The van der Waals surface area contributed by atoms with Crippen LogP contribution in [0.25, 0.3) is 0 Å². The molecule has 1 atom stereocenters. The Bertz CT molecular complexity index is 225. The van der Waals surface area contributed by atoms with Crippen LogP contribution < -0.4 is 4.72 Å². The zero-order valence-electron chi connectivity index (χ0n) is 7.17. The minimum atomic E-state index is -3.26. The van der Waals surface area contributed by atoms with Crippen LogP contribution >= 0.6 is 15.9 Å². The maximum Gasteiger partial charge on any atom is 0.221 e. The first-order chi connectivity index (χ1) is 5.33. The average Bonchev–Trinajstić information content (AvgIpc) is 2.02. The standard InChI is InChI=1S/C6H14BrNO3S/c1-3-6(2,9)4-8-12(10,11)5-7/h8-9H,3-5H2,1-2H3. The number of aliphatic hydroxyl groups is 1. The van der Waals surface area contributed by atoms with E-state index in [1.807, 2.05) is 0 Å². The van der Waals surface area contributed by atoms with E-state index in [0.29, 0.717) is 6.42 Å². The molecule has 0 aliphatic heterocycles. The van der Waals surface area contributed by atoms with Crippen molar-refractivity contribution in [3.63, 3.8) is 0 Å². The highest BCUT2D eigenvalue weighted by Gasteiger charge is 2.20. The van der Waals surface area contributed by atoms with E-state index in [9.17, 15) is 13.5 Å². The van der Waals surface area contributed by atoms with Gasteiger partial charge in [-0.25, -0.2) is 13.1 Å². The van der Waals surface area contributed by atoms with E-state index in [-0.39, 0.29) is 11.2 Å².